The van der Waals surface area contributed by atoms with Crippen LogP contribution in [0.25, 0.3) is 0 Å². The molecule has 0 unspecified atom stereocenters. The number of piperazine rings is 1. The number of anilines is 1. The van der Waals surface area contributed by atoms with Crippen LogP contribution in [-0.4, -0.2) is 47.2 Å². The van der Waals surface area contributed by atoms with Crippen LogP contribution in [0.4, 0.5) is 13.9 Å². The number of carbonyl (C=O) groups is 1. The first kappa shape index (κ1) is 19.7. The summed E-state index contributed by atoms with van der Waals surface area (Å²) < 4.78 is 27.8. The van der Waals surface area contributed by atoms with Gasteiger partial charge in [-0.1, -0.05) is 41.1 Å². The number of nitrogens with zero attached hydrogens (tertiary/aromatic N) is 4. The van der Waals surface area contributed by atoms with Crippen molar-refractivity contribution in [2.24, 2.45) is 0 Å². The zero-order chi connectivity index (χ0) is 20.4. The topological polar surface area (TPSA) is 49.3 Å². The van der Waals surface area contributed by atoms with Crippen LogP contribution in [0.1, 0.15) is 20.9 Å². The minimum atomic E-state index is -0.839. The van der Waals surface area contributed by atoms with Gasteiger partial charge in [-0.15, -0.1) is 10.2 Å². The molecule has 0 spiro atoms. The fraction of sp³-hybridized carbons (Fsp3) is 0.250. The summed E-state index contributed by atoms with van der Waals surface area (Å²) in [5.74, 6) is -2.30. The fourth-order valence-corrected chi connectivity index (χ4v) is 4.23. The molecule has 1 saturated heterocycles. The highest BCUT2D eigenvalue weighted by Gasteiger charge is 2.27. The Bertz CT molecular complexity index is 999. The molecular formula is C20H17ClF2N4OS. The van der Waals surface area contributed by atoms with E-state index < -0.39 is 23.1 Å². The zero-order valence-electron chi connectivity index (χ0n) is 15.3. The Balaban J connectivity index is 1.38. The van der Waals surface area contributed by atoms with E-state index in [2.05, 4.69) is 10.2 Å². The van der Waals surface area contributed by atoms with Crippen molar-refractivity contribution in [2.75, 3.05) is 31.1 Å². The van der Waals surface area contributed by atoms with Gasteiger partial charge in [0.05, 0.1) is 0 Å². The molecule has 0 N–H and O–H groups in total. The first-order valence-electron chi connectivity index (χ1n) is 9.06. The lowest BCUT2D eigenvalue weighted by atomic mass is 10.1. The number of carbonyl (C=O) groups excluding carboxylic acids is 1. The molecule has 9 heteroatoms. The van der Waals surface area contributed by atoms with Gasteiger partial charge in [0.15, 0.2) is 0 Å². The van der Waals surface area contributed by atoms with E-state index in [0.29, 0.717) is 37.6 Å². The van der Waals surface area contributed by atoms with Crippen molar-refractivity contribution in [3.05, 3.63) is 75.3 Å². The van der Waals surface area contributed by atoms with Crippen molar-refractivity contribution in [2.45, 2.75) is 6.42 Å². The predicted octanol–water partition coefficient (Wildman–Crippen LogP) is 4.02. The molecule has 1 fully saturated rings. The Kier molecular flexibility index (Phi) is 5.73. The molecule has 4 rings (SSSR count). The molecule has 0 radical (unpaired) electrons. The van der Waals surface area contributed by atoms with Gasteiger partial charge in [0.2, 0.25) is 5.13 Å². The lowest BCUT2D eigenvalue weighted by molar-refractivity contribution is 0.0737. The standard InChI is InChI=1S/C20H17ClF2N4OS/c21-14-6-4-13(5-7-14)12-17-24-25-20(29-17)27-10-8-26(9-11-27)19(28)18-15(22)2-1-3-16(18)23/h1-7H,8-12H2. The molecule has 150 valence electrons. The van der Waals surface area contributed by atoms with Crippen LogP contribution in [0.3, 0.4) is 0 Å². The third-order valence-electron chi connectivity index (χ3n) is 4.74. The van der Waals surface area contributed by atoms with E-state index in [1.165, 1.54) is 22.3 Å². The summed E-state index contributed by atoms with van der Waals surface area (Å²) in [5, 5.41) is 10.9. The third-order valence-corrected chi connectivity index (χ3v) is 5.97. The highest BCUT2D eigenvalue weighted by molar-refractivity contribution is 7.15. The molecule has 2 aromatic carbocycles. The molecule has 1 aliphatic heterocycles. The SMILES string of the molecule is O=C(c1c(F)cccc1F)N1CCN(c2nnc(Cc3ccc(Cl)cc3)s2)CC1. The number of hydrogen-bond acceptors (Lipinski definition) is 5. The van der Waals surface area contributed by atoms with Crippen molar-refractivity contribution in [3.8, 4) is 0 Å². The lowest BCUT2D eigenvalue weighted by Gasteiger charge is -2.34. The summed E-state index contributed by atoms with van der Waals surface area (Å²) in [6.07, 6.45) is 0.667. The van der Waals surface area contributed by atoms with Crippen molar-refractivity contribution in [3.63, 3.8) is 0 Å². The predicted molar refractivity (Wildman–Crippen MR) is 109 cm³/mol. The van der Waals surface area contributed by atoms with Gasteiger partial charge in [-0.05, 0) is 29.8 Å². The van der Waals surface area contributed by atoms with Crippen molar-refractivity contribution in [1.29, 1.82) is 0 Å². The van der Waals surface area contributed by atoms with Gasteiger partial charge >= 0.3 is 0 Å². The van der Waals surface area contributed by atoms with E-state index in [0.717, 1.165) is 27.8 Å². The van der Waals surface area contributed by atoms with Gasteiger partial charge in [-0.3, -0.25) is 4.79 Å². The van der Waals surface area contributed by atoms with Crippen LogP contribution in [0.15, 0.2) is 42.5 Å². The maximum Gasteiger partial charge on any atom is 0.259 e. The molecule has 1 aliphatic rings. The Labute approximate surface area is 175 Å². The summed E-state index contributed by atoms with van der Waals surface area (Å²) in [5.41, 5.74) is 0.599. The molecule has 3 aromatic rings. The van der Waals surface area contributed by atoms with Gasteiger partial charge in [0.25, 0.3) is 5.91 Å². The summed E-state index contributed by atoms with van der Waals surface area (Å²) in [4.78, 5) is 16.0. The number of amides is 1. The second kappa shape index (κ2) is 8.42. The van der Waals surface area contributed by atoms with Crippen LogP contribution in [0.2, 0.25) is 5.02 Å². The molecule has 1 aromatic heterocycles. The van der Waals surface area contributed by atoms with E-state index >= 15 is 0 Å². The maximum atomic E-state index is 13.9. The quantitative estimate of drug-likeness (QED) is 0.622. The highest BCUT2D eigenvalue weighted by atomic mass is 35.5. The molecule has 0 saturated carbocycles. The second-order valence-electron chi connectivity index (χ2n) is 6.66. The van der Waals surface area contributed by atoms with Gasteiger partial charge in [-0.2, -0.15) is 0 Å². The van der Waals surface area contributed by atoms with E-state index in [1.807, 2.05) is 29.2 Å². The Morgan fingerprint density at radius 1 is 1.00 bits per heavy atom. The third kappa shape index (κ3) is 4.38. The van der Waals surface area contributed by atoms with Crippen LogP contribution in [0.5, 0.6) is 0 Å². The van der Waals surface area contributed by atoms with Gasteiger partial charge in [0, 0.05) is 37.6 Å². The maximum absolute atomic E-state index is 13.9. The Hall–Kier alpha value is -2.58. The fourth-order valence-electron chi connectivity index (χ4n) is 3.18. The zero-order valence-corrected chi connectivity index (χ0v) is 16.9. The number of aromatic nitrogens is 2. The average Bonchev–Trinajstić information content (AvgIpc) is 3.18. The van der Waals surface area contributed by atoms with Crippen LogP contribution in [0, 0.1) is 11.6 Å². The normalized spacial score (nSPS) is 14.3. The molecule has 29 heavy (non-hydrogen) atoms. The second-order valence-corrected chi connectivity index (χ2v) is 8.13. The Morgan fingerprint density at radius 2 is 1.66 bits per heavy atom. The van der Waals surface area contributed by atoms with Gasteiger partial charge in [0.1, 0.15) is 22.2 Å². The van der Waals surface area contributed by atoms with E-state index in [9.17, 15) is 13.6 Å². The minimum Gasteiger partial charge on any atom is -0.343 e. The average molecular weight is 435 g/mol. The first-order valence-corrected chi connectivity index (χ1v) is 10.3. The van der Waals surface area contributed by atoms with Crippen molar-refractivity contribution in [1.82, 2.24) is 15.1 Å². The summed E-state index contributed by atoms with van der Waals surface area (Å²) in [6.45, 7) is 1.77. The van der Waals surface area contributed by atoms with Crippen LogP contribution >= 0.6 is 22.9 Å². The van der Waals surface area contributed by atoms with Crippen molar-refractivity contribution < 1.29 is 13.6 Å². The Morgan fingerprint density at radius 3 is 2.31 bits per heavy atom. The summed E-state index contributed by atoms with van der Waals surface area (Å²) >= 11 is 7.41. The molecular weight excluding hydrogens is 418 g/mol. The van der Waals surface area contributed by atoms with E-state index in [-0.39, 0.29) is 0 Å². The summed E-state index contributed by atoms with van der Waals surface area (Å²) in [6, 6.07) is 11.0. The van der Waals surface area contributed by atoms with E-state index in [1.54, 1.807) is 0 Å². The molecule has 5 nitrogen and oxygen atoms in total. The molecule has 0 aliphatic carbocycles. The number of rotatable bonds is 4. The first-order chi connectivity index (χ1) is 14.0. The van der Waals surface area contributed by atoms with Crippen LogP contribution < -0.4 is 4.90 Å². The van der Waals surface area contributed by atoms with Crippen molar-refractivity contribution >= 4 is 34.0 Å². The molecule has 2 heterocycles. The number of benzene rings is 2. The highest BCUT2D eigenvalue weighted by Crippen LogP contribution is 2.25. The monoisotopic (exact) mass is 434 g/mol. The number of halogens is 3. The lowest BCUT2D eigenvalue weighted by Crippen LogP contribution is -2.49. The van der Waals surface area contributed by atoms with E-state index in [4.69, 9.17) is 11.6 Å². The molecule has 0 bridgehead atoms. The number of hydrogen-bond donors (Lipinski definition) is 0. The smallest absolute Gasteiger partial charge is 0.259 e. The molecule has 0 atom stereocenters. The summed E-state index contributed by atoms with van der Waals surface area (Å²) in [7, 11) is 0. The van der Waals surface area contributed by atoms with Gasteiger partial charge in [-0.25, -0.2) is 8.78 Å². The molecule has 1 amide bonds. The largest absolute Gasteiger partial charge is 0.343 e. The van der Waals surface area contributed by atoms with Crippen LogP contribution in [-0.2, 0) is 6.42 Å². The van der Waals surface area contributed by atoms with Gasteiger partial charge < -0.3 is 9.80 Å². The minimum absolute atomic E-state index is 0.360.